The van der Waals surface area contributed by atoms with Crippen molar-refractivity contribution in [2.75, 3.05) is 0 Å². The third kappa shape index (κ3) is 3.17. The monoisotopic (exact) mass is 376 g/mol. The molecule has 0 atom stereocenters. The maximum absolute atomic E-state index is 5.95. The number of fused-ring (bicyclic) bond motifs is 1. The molecule has 0 spiro atoms. The molecule has 0 aliphatic carbocycles. The van der Waals surface area contributed by atoms with Crippen LogP contribution < -0.4 is 0 Å². The SMILES string of the molecule is c1ccc2ncc(-c3ccc(-c4nnc(SCc5nnn[nH]5)[nH]4)o3)cc2c1. The molecule has 5 rings (SSSR count). The van der Waals surface area contributed by atoms with Crippen molar-refractivity contribution in [3.8, 4) is 22.9 Å². The minimum absolute atomic E-state index is 0.563. The summed E-state index contributed by atoms with van der Waals surface area (Å²) in [6, 6.07) is 13.8. The lowest BCUT2D eigenvalue weighted by Gasteiger charge is -2.00. The van der Waals surface area contributed by atoms with Gasteiger partial charge >= 0.3 is 0 Å². The Morgan fingerprint density at radius 2 is 1.93 bits per heavy atom. The first-order valence-corrected chi connectivity index (χ1v) is 9.07. The van der Waals surface area contributed by atoms with Gasteiger partial charge in [0.1, 0.15) is 5.76 Å². The summed E-state index contributed by atoms with van der Waals surface area (Å²) in [5.74, 6) is 3.13. The molecule has 10 heteroatoms. The Kier molecular flexibility index (Phi) is 3.87. The van der Waals surface area contributed by atoms with Gasteiger partial charge in [-0.3, -0.25) is 4.98 Å². The zero-order valence-electron chi connectivity index (χ0n) is 13.8. The highest BCUT2D eigenvalue weighted by Gasteiger charge is 2.12. The highest BCUT2D eigenvalue weighted by molar-refractivity contribution is 7.98. The molecule has 1 aromatic carbocycles. The summed E-state index contributed by atoms with van der Waals surface area (Å²) >= 11 is 1.44. The number of pyridine rings is 1. The van der Waals surface area contributed by atoms with E-state index in [9.17, 15) is 0 Å². The Hall–Kier alpha value is -3.53. The van der Waals surface area contributed by atoms with Crippen LogP contribution in [0.15, 0.2) is 58.2 Å². The third-order valence-corrected chi connectivity index (χ3v) is 4.79. The van der Waals surface area contributed by atoms with Gasteiger partial charge in [-0.05, 0) is 34.7 Å². The molecular formula is C17H12N8OS. The lowest BCUT2D eigenvalue weighted by Crippen LogP contribution is -1.85. The molecule has 0 fully saturated rings. The molecule has 4 heterocycles. The molecule has 132 valence electrons. The fourth-order valence-corrected chi connectivity index (χ4v) is 3.29. The lowest BCUT2D eigenvalue weighted by molar-refractivity contribution is 0.592. The smallest absolute Gasteiger partial charge is 0.197 e. The fourth-order valence-electron chi connectivity index (χ4n) is 2.63. The zero-order valence-corrected chi connectivity index (χ0v) is 14.6. The average Bonchev–Trinajstić information content (AvgIpc) is 3.47. The normalized spacial score (nSPS) is 11.3. The second-order valence-electron chi connectivity index (χ2n) is 5.70. The van der Waals surface area contributed by atoms with Gasteiger partial charge in [-0.1, -0.05) is 30.0 Å². The number of furan rings is 1. The number of tetrazole rings is 1. The van der Waals surface area contributed by atoms with Gasteiger partial charge in [-0.25, -0.2) is 5.10 Å². The number of thioether (sulfide) groups is 1. The molecule has 0 bridgehead atoms. The van der Waals surface area contributed by atoms with Crippen molar-refractivity contribution in [1.82, 2.24) is 40.8 Å². The Bertz CT molecular complexity index is 1200. The highest BCUT2D eigenvalue weighted by Crippen LogP contribution is 2.29. The van der Waals surface area contributed by atoms with Crippen LogP contribution in [0, 0.1) is 0 Å². The summed E-state index contributed by atoms with van der Waals surface area (Å²) < 4.78 is 5.95. The van der Waals surface area contributed by atoms with Crippen LogP contribution >= 0.6 is 11.8 Å². The van der Waals surface area contributed by atoms with Crippen LogP contribution in [-0.2, 0) is 5.75 Å². The van der Waals surface area contributed by atoms with Gasteiger partial charge in [-0.15, -0.1) is 15.3 Å². The van der Waals surface area contributed by atoms with Crippen molar-refractivity contribution in [3.05, 3.63) is 54.5 Å². The molecular weight excluding hydrogens is 364 g/mol. The summed E-state index contributed by atoms with van der Waals surface area (Å²) in [5, 5.41) is 23.6. The van der Waals surface area contributed by atoms with E-state index >= 15 is 0 Å². The quantitative estimate of drug-likeness (QED) is 0.449. The summed E-state index contributed by atoms with van der Waals surface area (Å²) in [6.07, 6.45) is 1.80. The Morgan fingerprint density at radius 3 is 2.85 bits per heavy atom. The van der Waals surface area contributed by atoms with E-state index in [4.69, 9.17) is 4.42 Å². The van der Waals surface area contributed by atoms with Crippen LogP contribution in [0.4, 0.5) is 0 Å². The number of hydrogen-bond acceptors (Lipinski definition) is 8. The van der Waals surface area contributed by atoms with E-state index in [1.807, 2.05) is 36.4 Å². The van der Waals surface area contributed by atoms with Gasteiger partial charge in [0.15, 0.2) is 22.6 Å². The van der Waals surface area contributed by atoms with E-state index < -0.39 is 0 Å². The van der Waals surface area contributed by atoms with Gasteiger partial charge in [0.05, 0.1) is 11.3 Å². The number of H-pyrrole nitrogens is 2. The summed E-state index contributed by atoms with van der Waals surface area (Å²) in [6.45, 7) is 0. The summed E-state index contributed by atoms with van der Waals surface area (Å²) in [5.41, 5.74) is 1.86. The van der Waals surface area contributed by atoms with Crippen LogP contribution in [0.1, 0.15) is 5.82 Å². The van der Waals surface area contributed by atoms with Crippen molar-refractivity contribution in [1.29, 1.82) is 0 Å². The molecule has 0 aliphatic rings. The standard InChI is InChI=1S/C17H12N8OS/c1-2-4-12-10(3-1)7-11(8-18-12)13-5-6-14(26-13)16-19-17(23-22-16)27-9-15-20-24-25-21-15/h1-8H,9H2,(H,19,22,23)(H,20,21,24,25). The van der Waals surface area contributed by atoms with Gasteiger partial charge in [0.2, 0.25) is 0 Å². The lowest BCUT2D eigenvalue weighted by atomic mass is 10.1. The van der Waals surface area contributed by atoms with Crippen LogP contribution in [0.3, 0.4) is 0 Å². The van der Waals surface area contributed by atoms with Crippen LogP contribution in [0.25, 0.3) is 33.8 Å². The number of para-hydroxylation sites is 1. The van der Waals surface area contributed by atoms with E-state index in [0.717, 1.165) is 22.2 Å². The fraction of sp³-hybridized carbons (Fsp3) is 0.0588. The van der Waals surface area contributed by atoms with Crippen molar-refractivity contribution in [3.63, 3.8) is 0 Å². The number of aromatic amines is 2. The van der Waals surface area contributed by atoms with Crippen LogP contribution in [0.2, 0.25) is 0 Å². The Balaban J connectivity index is 1.37. The molecule has 0 amide bonds. The Labute approximate surface area is 156 Å². The first-order valence-electron chi connectivity index (χ1n) is 8.08. The van der Waals surface area contributed by atoms with E-state index in [1.54, 1.807) is 6.20 Å². The second kappa shape index (κ2) is 6.65. The van der Waals surface area contributed by atoms with E-state index in [-0.39, 0.29) is 0 Å². The maximum Gasteiger partial charge on any atom is 0.197 e. The average molecular weight is 376 g/mol. The minimum Gasteiger partial charge on any atom is -0.453 e. The highest BCUT2D eigenvalue weighted by atomic mass is 32.2. The molecule has 0 unspecified atom stereocenters. The number of hydrogen-bond donors (Lipinski definition) is 2. The van der Waals surface area contributed by atoms with Crippen molar-refractivity contribution >= 4 is 22.7 Å². The first-order chi connectivity index (χ1) is 13.3. The zero-order chi connectivity index (χ0) is 18.1. The summed E-state index contributed by atoms with van der Waals surface area (Å²) in [7, 11) is 0. The summed E-state index contributed by atoms with van der Waals surface area (Å²) in [4.78, 5) is 7.61. The number of benzene rings is 1. The number of aromatic nitrogens is 8. The largest absolute Gasteiger partial charge is 0.453 e. The predicted octanol–water partition coefficient (Wildman–Crippen LogP) is 3.09. The van der Waals surface area contributed by atoms with Crippen molar-refractivity contribution < 1.29 is 4.42 Å². The minimum atomic E-state index is 0.563. The van der Waals surface area contributed by atoms with E-state index in [0.29, 0.717) is 28.3 Å². The molecule has 0 saturated heterocycles. The molecule has 0 saturated carbocycles. The van der Waals surface area contributed by atoms with Gasteiger partial charge < -0.3 is 9.40 Å². The number of rotatable bonds is 5. The first kappa shape index (κ1) is 15.7. The molecule has 9 nitrogen and oxygen atoms in total. The molecule has 5 aromatic rings. The maximum atomic E-state index is 5.95. The number of nitrogens with zero attached hydrogens (tertiary/aromatic N) is 6. The molecule has 0 aliphatic heterocycles. The van der Waals surface area contributed by atoms with Gasteiger partial charge in [-0.2, -0.15) is 0 Å². The third-order valence-electron chi connectivity index (χ3n) is 3.92. The van der Waals surface area contributed by atoms with Crippen molar-refractivity contribution in [2.24, 2.45) is 0 Å². The molecule has 4 aromatic heterocycles. The molecule has 27 heavy (non-hydrogen) atoms. The van der Waals surface area contributed by atoms with Crippen LogP contribution in [0.5, 0.6) is 0 Å². The van der Waals surface area contributed by atoms with E-state index in [1.165, 1.54) is 11.8 Å². The predicted molar refractivity (Wildman–Crippen MR) is 98.6 cm³/mol. The van der Waals surface area contributed by atoms with Gasteiger partial charge in [0.25, 0.3) is 0 Å². The van der Waals surface area contributed by atoms with Crippen LogP contribution in [-0.4, -0.2) is 40.8 Å². The topological polar surface area (TPSA) is 122 Å². The Morgan fingerprint density at radius 1 is 1.00 bits per heavy atom. The number of nitrogens with one attached hydrogen (secondary N) is 2. The second-order valence-corrected chi connectivity index (χ2v) is 6.66. The molecule has 2 N–H and O–H groups in total. The van der Waals surface area contributed by atoms with Gasteiger partial charge in [0, 0.05) is 17.1 Å². The van der Waals surface area contributed by atoms with Crippen molar-refractivity contribution in [2.45, 2.75) is 10.9 Å². The van der Waals surface area contributed by atoms with E-state index in [2.05, 4.69) is 46.9 Å². The molecule has 0 radical (unpaired) electrons.